The fraction of sp³-hybridized carbons (Fsp3) is 0.444. The van der Waals surface area contributed by atoms with E-state index in [1.165, 1.54) is 10.9 Å². The maximum absolute atomic E-state index is 13.4. The second-order valence-corrected chi connectivity index (χ2v) is 7.19. The quantitative estimate of drug-likeness (QED) is 0.602. The molecule has 25 heavy (non-hydrogen) atoms. The molecule has 1 atom stereocenters. The Labute approximate surface area is 151 Å². The van der Waals surface area contributed by atoms with Crippen LogP contribution in [0.25, 0.3) is 0 Å². The van der Waals surface area contributed by atoms with Crippen LogP contribution in [0.1, 0.15) is 40.9 Å². The molecule has 1 unspecified atom stereocenters. The lowest BCUT2D eigenvalue weighted by atomic mass is 10.0. The molecule has 0 aliphatic carbocycles. The number of hydrogen-bond donors (Lipinski definition) is 2. The van der Waals surface area contributed by atoms with Gasteiger partial charge in [-0.05, 0) is 44.4 Å². The van der Waals surface area contributed by atoms with Crippen molar-refractivity contribution in [1.29, 1.82) is 0 Å². The standard InChI is InChI=1S/C18H24F2N4S/c1-5-21-18(23-10-17-24-12(3)13(4)25-17)22-9-11(2)14-6-7-15(19)16(20)8-14/h6-8,11H,5,9-10H2,1-4H3,(H2,21,22,23). The monoisotopic (exact) mass is 366 g/mol. The molecular formula is C18H24F2N4S. The number of hydrogen-bond acceptors (Lipinski definition) is 3. The first-order chi connectivity index (χ1) is 11.9. The Morgan fingerprint density at radius 1 is 1.24 bits per heavy atom. The molecule has 2 rings (SSSR count). The minimum atomic E-state index is -0.826. The Kier molecular flexibility index (Phi) is 6.87. The summed E-state index contributed by atoms with van der Waals surface area (Å²) in [6, 6.07) is 4.01. The number of rotatable bonds is 6. The van der Waals surface area contributed by atoms with Crippen LogP contribution in [0.5, 0.6) is 0 Å². The molecule has 0 aliphatic heterocycles. The van der Waals surface area contributed by atoms with Crippen molar-refractivity contribution in [3.8, 4) is 0 Å². The molecule has 2 N–H and O–H groups in total. The van der Waals surface area contributed by atoms with Gasteiger partial charge in [-0.1, -0.05) is 13.0 Å². The average molecular weight is 366 g/mol. The van der Waals surface area contributed by atoms with Gasteiger partial charge in [-0.2, -0.15) is 0 Å². The number of guanidine groups is 1. The smallest absolute Gasteiger partial charge is 0.191 e. The van der Waals surface area contributed by atoms with E-state index in [-0.39, 0.29) is 5.92 Å². The highest BCUT2D eigenvalue weighted by Crippen LogP contribution is 2.18. The van der Waals surface area contributed by atoms with Crippen LogP contribution in [-0.4, -0.2) is 24.0 Å². The molecular weight excluding hydrogens is 342 g/mol. The van der Waals surface area contributed by atoms with Crippen molar-refractivity contribution in [2.75, 3.05) is 13.1 Å². The fourth-order valence-electron chi connectivity index (χ4n) is 2.28. The van der Waals surface area contributed by atoms with Crippen LogP contribution in [0.15, 0.2) is 23.2 Å². The molecule has 0 fully saturated rings. The zero-order chi connectivity index (χ0) is 18.4. The summed E-state index contributed by atoms with van der Waals surface area (Å²) in [5, 5.41) is 7.40. The molecule has 0 amide bonds. The first-order valence-corrected chi connectivity index (χ1v) is 9.12. The zero-order valence-corrected chi connectivity index (χ0v) is 15.8. The van der Waals surface area contributed by atoms with Gasteiger partial charge in [0, 0.05) is 18.0 Å². The normalized spacial score (nSPS) is 13.0. The van der Waals surface area contributed by atoms with E-state index in [1.54, 1.807) is 17.4 Å². The van der Waals surface area contributed by atoms with Gasteiger partial charge in [0.05, 0.1) is 12.2 Å². The highest BCUT2D eigenvalue weighted by molar-refractivity contribution is 7.11. The van der Waals surface area contributed by atoms with Gasteiger partial charge in [0.25, 0.3) is 0 Å². The van der Waals surface area contributed by atoms with Crippen molar-refractivity contribution in [3.63, 3.8) is 0 Å². The molecule has 1 aromatic carbocycles. The second kappa shape index (κ2) is 8.89. The molecule has 0 aliphatic rings. The highest BCUT2D eigenvalue weighted by atomic mass is 32.1. The maximum Gasteiger partial charge on any atom is 0.191 e. The third kappa shape index (κ3) is 5.49. The van der Waals surface area contributed by atoms with E-state index < -0.39 is 11.6 Å². The molecule has 0 bridgehead atoms. The van der Waals surface area contributed by atoms with Crippen LogP contribution < -0.4 is 10.6 Å². The van der Waals surface area contributed by atoms with Crippen LogP contribution in [0.2, 0.25) is 0 Å². The summed E-state index contributed by atoms with van der Waals surface area (Å²) in [5.74, 6) is -0.946. The number of nitrogens with one attached hydrogen (secondary N) is 2. The van der Waals surface area contributed by atoms with Crippen molar-refractivity contribution in [3.05, 3.63) is 51.0 Å². The summed E-state index contributed by atoms with van der Waals surface area (Å²) < 4.78 is 26.4. The lowest BCUT2D eigenvalue weighted by Gasteiger charge is -2.16. The molecule has 1 aromatic heterocycles. The Bertz CT molecular complexity index is 723. The van der Waals surface area contributed by atoms with Crippen molar-refractivity contribution in [2.24, 2.45) is 4.99 Å². The fourth-order valence-corrected chi connectivity index (χ4v) is 3.14. The van der Waals surface area contributed by atoms with E-state index in [4.69, 9.17) is 0 Å². The number of aliphatic imine (C=N–C) groups is 1. The maximum atomic E-state index is 13.4. The Hall–Kier alpha value is -2.02. The molecule has 7 heteroatoms. The van der Waals surface area contributed by atoms with E-state index in [9.17, 15) is 8.78 Å². The van der Waals surface area contributed by atoms with Crippen LogP contribution in [0, 0.1) is 25.5 Å². The molecule has 0 saturated heterocycles. The lowest BCUT2D eigenvalue weighted by molar-refractivity contribution is 0.505. The second-order valence-electron chi connectivity index (χ2n) is 5.90. The van der Waals surface area contributed by atoms with Gasteiger partial charge in [0.2, 0.25) is 0 Å². The number of aryl methyl sites for hydroxylation is 2. The predicted octanol–water partition coefficient (Wildman–Crippen LogP) is 3.90. The van der Waals surface area contributed by atoms with Gasteiger partial charge in [0.15, 0.2) is 17.6 Å². The Balaban J connectivity index is 1.97. The summed E-state index contributed by atoms with van der Waals surface area (Å²) in [7, 11) is 0. The van der Waals surface area contributed by atoms with Crippen LogP contribution >= 0.6 is 11.3 Å². The molecule has 136 valence electrons. The summed E-state index contributed by atoms with van der Waals surface area (Å²) >= 11 is 1.65. The minimum Gasteiger partial charge on any atom is -0.357 e. The average Bonchev–Trinajstić information content (AvgIpc) is 2.90. The van der Waals surface area contributed by atoms with Gasteiger partial charge >= 0.3 is 0 Å². The molecule has 2 aromatic rings. The predicted molar refractivity (Wildman–Crippen MR) is 99.2 cm³/mol. The lowest BCUT2D eigenvalue weighted by Crippen LogP contribution is -2.39. The zero-order valence-electron chi connectivity index (χ0n) is 15.0. The molecule has 4 nitrogen and oxygen atoms in total. The number of nitrogens with zero attached hydrogens (tertiary/aromatic N) is 2. The van der Waals surface area contributed by atoms with E-state index in [0.717, 1.165) is 28.9 Å². The SMILES string of the molecule is CCNC(=NCc1nc(C)c(C)s1)NCC(C)c1ccc(F)c(F)c1. The van der Waals surface area contributed by atoms with Crippen molar-refractivity contribution < 1.29 is 8.78 Å². The number of thiazole rings is 1. The number of aromatic nitrogens is 1. The van der Waals surface area contributed by atoms with E-state index in [0.29, 0.717) is 19.0 Å². The van der Waals surface area contributed by atoms with Gasteiger partial charge in [-0.3, -0.25) is 0 Å². The first-order valence-electron chi connectivity index (χ1n) is 8.30. The topological polar surface area (TPSA) is 49.3 Å². The van der Waals surface area contributed by atoms with Gasteiger partial charge in [0.1, 0.15) is 5.01 Å². The molecule has 1 heterocycles. The van der Waals surface area contributed by atoms with Crippen LogP contribution in [-0.2, 0) is 6.54 Å². The molecule has 0 spiro atoms. The van der Waals surface area contributed by atoms with E-state index in [1.807, 2.05) is 27.7 Å². The van der Waals surface area contributed by atoms with Crippen molar-refractivity contribution >= 4 is 17.3 Å². The first kappa shape index (κ1) is 19.3. The Morgan fingerprint density at radius 2 is 2.00 bits per heavy atom. The number of halogens is 2. The van der Waals surface area contributed by atoms with Crippen molar-refractivity contribution in [2.45, 2.75) is 40.2 Å². The van der Waals surface area contributed by atoms with Gasteiger partial charge in [-0.25, -0.2) is 18.8 Å². The van der Waals surface area contributed by atoms with Crippen LogP contribution in [0.4, 0.5) is 8.78 Å². The molecule has 0 radical (unpaired) electrons. The summed E-state index contributed by atoms with van der Waals surface area (Å²) in [6.07, 6.45) is 0. The van der Waals surface area contributed by atoms with E-state index >= 15 is 0 Å². The summed E-state index contributed by atoms with van der Waals surface area (Å²) in [6.45, 7) is 9.80. The Morgan fingerprint density at radius 3 is 2.60 bits per heavy atom. The summed E-state index contributed by atoms with van der Waals surface area (Å²) in [4.78, 5) is 10.2. The summed E-state index contributed by atoms with van der Waals surface area (Å²) in [5.41, 5.74) is 1.79. The third-order valence-corrected chi connectivity index (χ3v) is 4.94. The third-order valence-electron chi connectivity index (χ3n) is 3.88. The largest absolute Gasteiger partial charge is 0.357 e. The van der Waals surface area contributed by atoms with Crippen molar-refractivity contribution in [1.82, 2.24) is 15.6 Å². The van der Waals surface area contributed by atoms with Gasteiger partial charge in [-0.15, -0.1) is 11.3 Å². The number of benzene rings is 1. The van der Waals surface area contributed by atoms with E-state index in [2.05, 4.69) is 20.6 Å². The van der Waals surface area contributed by atoms with Crippen LogP contribution in [0.3, 0.4) is 0 Å². The van der Waals surface area contributed by atoms with Gasteiger partial charge < -0.3 is 10.6 Å². The molecule has 0 saturated carbocycles. The minimum absolute atomic E-state index is 0.0170. The highest BCUT2D eigenvalue weighted by Gasteiger charge is 2.10.